The van der Waals surface area contributed by atoms with Gasteiger partial charge in [-0.05, 0) is 31.6 Å². The molecule has 0 radical (unpaired) electrons. The molecule has 0 aliphatic rings. The number of alkyl halides is 1. The number of likely N-dealkylation sites (N-methyl/N-ethyl adjacent to an activating group) is 1. The molecular formula is C14H21ClN4. The second-order valence-corrected chi connectivity index (χ2v) is 4.86. The number of hydrogen-bond acceptors (Lipinski definition) is 3. The molecule has 19 heavy (non-hydrogen) atoms. The van der Waals surface area contributed by atoms with Gasteiger partial charge in [0.15, 0.2) is 5.65 Å². The Hall–Kier alpha value is -1.13. The van der Waals surface area contributed by atoms with E-state index in [1.165, 1.54) is 6.42 Å². The first-order chi connectivity index (χ1) is 9.30. The molecular weight excluding hydrogens is 260 g/mol. The fraction of sp³-hybridized carbons (Fsp3) is 0.571. The van der Waals surface area contributed by atoms with Gasteiger partial charge in [0.2, 0.25) is 0 Å². The molecule has 0 saturated heterocycles. The van der Waals surface area contributed by atoms with E-state index in [-0.39, 0.29) is 0 Å². The molecule has 0 N–H and O–H groups in total. The maximum absolute atomic E-state index is 5.99. The van der Waals surface area contributed by atoms with Crippen LogP contribution in [0.25, 0.3) is 11.2 Å². The van der Waals surface area contributed by atoms with E-state index < -0.39 is 0 Å². The highest BCUT2D eigenvalue weighted by Gasteiger charge is 2.11. The number of pyridine rings is 1. The predicted octanol–water partition coefficient (Wildman–Crippen LogP) is 2.90. The molecule has 0 unspecified atom stereocenters. The van der Waals surface area contributed by atoms with Crippen LogP contribution >= 0.6 is 11.6 Å². The average molecular weight is 281 g/mol. The summed E-state index contributed by atoms with van der Waals surface area (Å²) in [4.78, 5) is 11.4. The van der Waals surface area contributed by atoms with E-state index in [4.69, 9.17) is 11.6 Å². The van der Waals surface area contributed by atoms with Crippen molar-refractivity contribution in [3.05, 3.63) is 24.2 Å². The minimum atomic E-state index is 0.427. The zero-order valence-corrected chi connectivity index (χ0v) is 12.4. The molecule has 0 aliphatic heterocycles. The Morgan fingerprint density at radius 2 is 2.16 bits per heavy atom. The molecule has 0 atom stereocenters. The van der Waals surface area contributed by atoms with Crippen molar-refractivity contribution in [1.29, 1.82) is 0 Å². The molecule has 0 spiro atoms. The highest BCUT2D eigenvalue weighted by molar-refractivity contribution is 6.16. The summed E-state index contributed by atoms with van der Waals surface area (Å²) in [6.07, 6.45) is 2.99. The summed E-state index contributed by atoms with van der Waals surface area (Å²) in [7, 11) is 0. The normalized spacial score (nSPS) is 11.6. The predicted molar refractivity (Wildman–Crippen MR) is 79.5 cm³/mol. The monoisotopic (exact) mass is 280 g/mol. The summed E-state index contributed by atoms with van der Waals surface area (Å²) < 4.78 is 2.14. The number of aromatic nitrogens is 3. The van der Waals surface area contributed by atoms with Crippen LogP contribution in [0.4, 0.5) is 0 Å². The minimum absolute atomic E-state index is 0.427. The number of halogens is 1. The Kier molecular flexibility index (Phi) is 5.16. The summed E-state index contributed by atoms with van der Waals surface area (Å²) in [5, 5.41) is 0. The lowest BCUT2D eigenvalue weighted by molar-refractivity contribution is 0.277. The van der Waals surface area contributed by atoms with E-state index in [1.807, 2.05) is 18.3 Å². The van der Waals surface area contributed by atoms with Crippen LogP contribution in [-0.2, 0) is 12.4 Å². The van der Waals surface area contributed by atoms with Crippen LogP contribution in [0.3, 0.4) is 0 Å². The topological polar surface area (TPSA) is 34.0 Å². The van der Waals surface area contributed by atoms with Gasteiger partial charge in [0.25, 0.3) is 0 Å². The third kappa shape index (κ3) is 3.25. The molecule has 0 aromatic carbocycles. The van der Waals surface area contributed by atoms with Crippen molar-refractivity contribution in [1.82, 2.24) is 19.4 Å². The summed E-state index contributed by atoms with van der Waals surface area (Å²) in [5.74, 6) is 1.33. The van der Waals surface area contributed by atoms with Crippen LogP contribution in [0, 0.1) is 0 Å². The molecule has 2 aromatic heterocycles. The zero-order valence-electron chi connectivity index (χ0n) is 11.6. The van der Waals surface area contributed by atoms with Gasteiger partial charge in [0, 0.05) is 19.3 Å². The van der Waals surface area contributed by atoms with Crippen molar-refractivity contribution < 1.29 is 0 Å². The van der Waals surface area contributed by atoms with Gasteiger partial charge in [-0.15, -0.1) is 11.6 Å². The Morgan fingerprint density at radius 3 is 2.84 bits per heavy atom. The molecule has 4 nitrogen and oxygen atoms in total. The zero-order chi connectivity index (χ0) is 13.7. The van der Waals surface area contributed by atoms with Crippen molar-refractivity contribution in [2.45, 2.75) is 32.7 Å². The van der Waals surface area contributed by atoms with Crippen LogP contribution < -0.4 is 0 Å². The number of rotatable bonds is 7. The lowest BCUT2D eigenvalue weighted by Gasteiger charge is -2.20. The van der Waals surface area contributed by atoms with Crippen molar-refractivity contribution in [2.75, 3.05) is 19.6 Å². The maximum Gasteiger partial charge on any atom is 0.160 e. The van der Waals surface area contributed by atoms with Crippen molar-refractivity contribution >= 4 is 22.8 Å². The Labute approximate surface area is 119 Å². The molecule has 2 aromatic rings. The Morgan fingerprint density at radius 1 is 1.32 bits per heavy atom. The fourth-order valence-electron chi connectivity index (χ4n) is 2.33. The van der Waals surface area contributed by atoms with Crippen molar-refractivity contribution in [3.8, 4) is 0 Å². The third-order valence-corrected chi connectivity index (χ3v) is 3.57. The van der Waals surface area contributed by atoms with E-state index in [2.05, 4.69) is 33.3 Å². The van der Waals surface area contributed by atoms with Gasteiger partial charge in [-0.1, -0.05) is 13.8 Å². The summed E-state index contributed by atoms with van der Waals surface area (Å²) in [5.41, 5.74) is 1.86. The highest BCUT2D eigenvalue weighted by atomic mass is 35.5. The van der Waals surface area contributed by atoms with E-state index in [0.29, 0.717) is 5.88 Å². The second-order valence-electron chi connectivity index (χ2n) is 4.59. The van der Waals surface area contributed by atoms with Gasteiger partial charge in [-0.2, -0.15) is 0 Å². The lowest BCUT2D eigenvalue weighted by atomic mass is 10.4. The SMILES string of the molecule is CCCN(CC)CCn1c(CCl)nc2cccnc21. The molecule has 0 fully saturated rings. The van der Waals surface area contributed by atoms with Gasteiger partial charge in [-0.25, -0.2) is 9.97 Å². The lowest BCUT2D eigenvalue weighted by Crippen LogP contribution is -2.28. The van der Waals surface area contributed by atoms with E-state index >= 15 is 0 Å². The van der Waals surface area contributed by atoms with Gasteiger partial charge in [0.1, 0.15) is 11.3 Å². The minimum Gasteiger partial charge on any atom is -0.310 e. The number of fused-ring (bicyclic) bond motifs is 1. The molecule has 5 heteroatoms. The van der Waals surface area contributed by atoms with Gasteiger partial charge < -0.3 is 9.47 Å². The molecule has 0 saturated carbocycles. The van der Waals surface area contributed by atoms with E-state index in [9.17, 15) is 0 Å². The smallest absolute Gasteiger partial charge is 0.160 e. The molecule has 0 bridgehead atoms. The van der Waals surface area contributed by atoms with Gasteiger partial charge >= 0.3 is 0 Å². The second kappa shape index (κ2) is 6.87. The van der Waals surface area contributed by atoms with Gasteiger partial charge in [-0.3, -0.25) is 0 Å². The quantitative estimate of drug-likeness (QED) is 0.732. The first kappa shape index (κ1) is 14.3. The largest absolute Gasteiger partial charge is 0.310 e. The van der Waals surface area contributed by atoms with Crippen molar-refractivity contribution in [3.63, 3.8) is 0 Å². The van der Waals surface area contributed by atoms with Crippen LogP contribution in [0.15, 0.2) is 18.3 Å². The first-order valence-corrected chi connectivity index (χ1v) is 7.42. The number of hydrogen-bond donors (Lipinski definition) is 0. The van der Waals surface area contributed by atoms with Crippen LogP contribution in [0.2, 0.25) is 0 Å². The molecule has 2 rings (SSSR count). The van der Waals surface area contributed by atoms with E-state index in [0.717, 1.165) is 43.2 Å². The fourth-order valence-corrected chi connectivity index (χ4v) is 2.53. The van der Waals surface area contributed by atoms with Crippen LogP contribution in [0.5, 0.6) is 0 Å². The van der Waals surface area contributed by atoms with E-state index in [1.54, 1.807) is 0 Å². The molecule has 0 aliphatic carbocycles. The summed E-state index contributed by atoms with van der Waals surface area (Å²) >= 11 is 5.99. The molecule has 104 valence electrons. The first-order valence-electron chi connectivity index (χ1n) is 6.88. The standard InChI is InChI=1S/C14H21ClN4/c1-3-8-18(4-2)9-10-19-13(11-15)17-12-6-5-7-16-14(12)19/h5-7H,3-4,8-11H2,1-2H3. The summed E-state index contributed by atoms with van der Waals surface area (Å²) in [6, 6.07) is 3.89. The molecule has 0 amide bonds. The Bertz CT molecular complexity index is 523. The van der Waals surface area contributed by atoms with Crippen molar-refractivity contribution in [2.24, 2.45) is 0 Å². The third-order valence-electron chi connectivity index (χ3n) is 3.33. The number of imidazole rings is 1. The van der Waals surface area contributed by atoms with Crippen LogP contribution in [0.1, 0.15) is 26.1 Å². The summed E-state index contributed by atoms with van der Waals surface area (Å²) in [6.45, 7) is 8.51. The van der Waals surface area contributed by atoms with Crippen LogP contribution in [-0.4, -0.2) is 39.1 Å². The number of nitrogens with zero attached hydrogens (tertiary/aromatic N) is 4. The Balaban J connectivity index is 2.18. The average Bonchev–Trinajstić information content (AvgIpc) is 2.81. The van der Waals surface area contributed by atoms with Gasteiger partial charge in [0.05, 0.1) is 5.88 Å². The maximum atomic E-state index is 5.99. The molecule has 2 heterocycles. The highest BCUT2D eigenvalue weighted by Crippen LogP contribution is 2.15.